The van der Waals surface area contributed by atoms with Gasteiger partial charge in [0.2, 0.25) is 0 Å². The van der Waals surface area contributed by atoms with Crippen LogP contribution in [0.1, 0.15) is 31.5 Å². The van der Waals surface area contributed by atoms with Crippen molar-refractivity contribution in [2.75, 3.05) is 6.54 Å². The fourth-order valence-corrected chi connectivity index (χ4v) is 2.48. The first-order chi connectivity index (χ1) is 7.69. The summed E-state index contributed by atoms with van der Waals surface area (Å²) in [5.74, 6) is 0.818. The topological polar surface area (TPSA) is 42.1 Å². The molecule has 2 atom stereocenters. The average Bonchev–Trinajstić information content (AvgIpc) is 2.59. The number of pyridine rings is 1. The van der Waals surface area contributed by atoms with Crippen LogP contribution in [-0.4, -0.2) is 22.5 Å². The summed E-state index contributed by atoms with van der Waals surface area (Å²) < 4.78 is 0. The molecule has 0 saturated carbocycles. The maximum atomic E-state index is 5.55. The molecule has 3 nitrogen and oxygen atoms in total. The number of rotatable bonds is 3. The Bertz CT molecular complexity index is 334. The van der Waals surface area contributed by atoms with Gasteiger partial charge < -0.3 is 5.73 Å². The Balaban J connectivity index is 1.98. The smallest absolute Gasteiger partial charge is 0.0544 e. The van der Waals surface area contributed by atoms with Crippen molar-refractivity contribution in [3.63, 3.8) is 0 Å². The molecule has 1 saturated heterocycles. The van der Waals surface area contributed by atoms with Crippen molar-refractivity contribution < 1.29 is 0 Å². The van der Waals surface area contributed by atoms with E-state index in [9.17, 15) is 0 Å². The van der Waals surface area contributed by atoms with E-state index in [1.54, 1.807) is 0 Å². The van der Waals surface area contributed by atoms with Gasteiger partial charge in [-0.25, -0.2) is 0 Å². The van der Waals surface area contributed by atoms with Gasteiger partial charge in [-0.3, -0.25) is 9.88 Å². The molecule has 2 N–H and O–H groups in total. The second-order valence-corrected chi connectivity index (χ2v) is 4.98. The van der Waals surface area contributed by atoms with Crippen LogP contribution in [0, 0.1) is 5.92 Å². The lowest BCUT2D eigenvalue weighted by Crippen LogP contribution is -2.26. The van der Waals surface area contributed by atoms with Crippen LogP contribution in [0.3, 0.4) is 0 Å². The van der Waals surface area contributed by atoms with Gasteiger partial charge in [0.1, 0.15) is 0 Å². The summed E-state index contributed by atoms with van der Waals surface area (Å²) in [5, 5.41) is 0. The predicted molar refractivity (Wildman–Crippen MR) is 65.8 cm³/mol. The Labute approximate surface area is 97.7 Å². The van der Waals surface area contributed by atoms with Crippen molar-refractivity contribution in [1.82, 2.24) is 9.88 Å². The molecule has 0 aliphatic carbocycles. The van der Waals surface area contributed by atoms with E-state index < -0.39 is 0 Å². The minimum absolute atomic E-state index is 0.574. The van der Waals surface area contributed by atoms with E-state index in [2.05, 4.69) is 35.9 Å². The Morgan fingerprint density at radius 3 is 2.75 bits per heavy atom. The van der Waals surface area contributed by atoms with Crippen LogP contribution < -0.4 is 5.73 Å². The van der Waals surface area contributed by atoms with Crippen LogP contribution >= 0.6 is 0 Å². The molecule has 1 aromatic heterocycles. The molecule has 16 heavy (non-hydrogen) atoms. The van der Waals surface area contributed by atoms with Gasteiger partial charge >= 0.3 is 0 Å². The largest absolute Gasteiger partial charge is 0.326 e. The maximum Gasteiger partial charge on any atom is 0.0544 e. The minimum atomic E-state index is 0.574. The van der Waals surface area contributed by atoms with Crippen LogP contribution in [0.25, 0.3) is 0 Å². The first-order valence-corrected chi connectivity index (χ1v) is 6.07. The van der Waals surface area contributed by atoms with Gasteiger partial charge in [-0.1, -0.05) is 13.0 Å². The summed E-state index contributed by atoms with van der Waals surface area (Å²) in [6, 6.07) is 4.86. The van der Waals surface area contributed by atoms with Crippen molar-refractivity contribution in [3.8, 4) is 0 Å². The van der Waals surface area contributed by atoms with Gasteiger partial charge in [0.05, 0.1) is 5.69 Å². The average molecular weight is 219 g/mol. The van der Waals surface area contributed by atoms with Gasteiger partial charge in [0, 0.05) is 31.9 Å². The molecule has 0 aromatic carbocycles. The Morgan fingerprint density at radius 2 is 2.25 bits per heavy atom. The molecule has 1 aliphatic heterocycles. The molecule has 2 heterocycles. The van der Waals surface area contributed by atoms with Gasteiger partial charge in [0.15, 0.2) is 0 Å². The lowest BCUT2D eigenvalue weighted by molar-refractivity contribution is 0.253. The van der Waals surface area contributed by atoms with E-state index in [0.717, 1.165) is 23.7 Å². The Kier molecular flexibility index (Phi) is 3.56. The van der Waals surface area contributed by atoms with Crippen LogP contribution in [0.2, 0.25) is 0 Å². The molecule has 1 aliphatic rings. The SMILES string of the molecule is CC1CC(C)N(Cc2ccc(CN)cn2)C1. The van der Waals surface area contributed by atoms with Gasteiger partial charge in [-0.15, -0.1) is 0 Å². The molecule has 0 spiro atoms. The lowest BCUT2D eigenvalue weighted by Gasteiger charge is -2.20. The zero-order valence-electron chi connectivity index (χ0n) is 10.2. The standard InChI is InChI=1S/C13H21N3/c1-10-5-11(2)16(8-10)9-13-4-3-12(6-14)7-15-13/h3-4,7,10-11H,5-6,8-9,14H2,1-2H3. The van der Waals surface area contributed by atoms with Crippen LogP contribution in [0.4, 0.5) is 0 Å². The molecule has 0 radical (unpaired) electrons. The summed E-state index contributed by atoms with van der Waals surface area (Å²) in [6.07, 6.45) is 3.19. The molecule has 3 heteroatoms. The first kappa shape index (κ1) is 11.6. The summed E-state index contributed by atoms with van der Waals surface area (Å²) in [7, 11) is 0. The highest BCUT2D eigenvalue weighted by atomic mass is 15.2. The monoisotopic (exact) mass is 219 g/mol. The number of nitrogens with zero attached hydrogens (tertiary/aromatic N) is 2. The molecular formula is C13H21N3. The van der Waals surface area contributed by atoms with E-state index in [4.69, 9.17) is 5.73 Å². The molecule has 2 rings (SSSR count). The predicted octanol–water partition coefficient (Wildman–Crippen LogP) is 1.77. The van der Waals surface area contributed by atoms with Crippen LogP contribution in [0.5, 0.6) is 0 Å². The van der Waals surface area contributed by atoms with E-state index >= 15 is 0 Å². The highest BCUT2D eigenvalue weighted by Crippen LogP contribution is 2.23. The van der Waals surface area contributed by atoms with E-state index in [0.29, 0.717) is 12.6 Å². The molecule has 88 valence electrons. The quantitative estimate of drug-likeness (QED) is 0.842. The second-order valence-electron chi connectivity index (χ2n) is 4.98. The van der Waals surface area contributed by atoms with Gasteiger partial charge in [0.25, 0.3) is 0 Å². The van der Waals surface area contributed by atoms with Crippen molar-refractivity contribution in [2.24, 2.45) is 11.7 Å². The molecule has 2 unspecified atom stereocenters. The molecule has 0 bridgehead atoms. The summed E-state index contributed by atoms with van der Waals surface area (Å²) in [6.45, 7) is 7.36. The fourth-order valence-electron chi connectivity index (χ4n) is 2.48. The third-order valence-corrected chi connectivity index (χ3v) is 3.40. The number of hydrogen-bond acceptors (Lipinski definition) is 3. The highest BCUT2D eigenvalue weighted by Gasteiger charge is 2.25. The third-order valence-electron chi connectivity index (χ3n) is 3.40. The van der Waals surface area contributed by atoms with Crippen molar-refractivity contribution >= 4 is 0 Å². The highest BCUT2D eigenvalue weighted by molar-refractivity contribution is 5.13. The number of likely N-dealkylation sites (tertiary alicyclic amines) is 1. The van der Waals surface area contributed by atoms with Gasteiger partial charge in [-0.05, 0) is 30.9 Å². The van der Waals surface area contributed by atoms with Crippen molar-refractivity contribution in [1.29, 1.82) is 0 Å². The zero-order valence-corrected chi connectivity index (χ0v) is 10.2. The summed E-state index contributed by atoms with van der Waals surface area (Å²) in [4.78, 5) is 6.96. The van der Waals surface area contributed by atoms with Gasteiger partial charge in [-0.2, -0.15) is 0 Å². The number of aromatic nitrogens is 1. The number of nitrogens with two attached hydrogens (primary N) is 1. The number of hydrogen-bond donors (Lipinski definition) is 1. The minimum Gasteiger partial charge on any atom is -0.326 e. The second kappa shape index (κ2) is 4.93. The first-order valence-electron chi connectivity index (χ1n) is 6.07. The lowest BCUT2D eigenvalue weighted by atomic mass is 10.1. The van der Waals surface area contributed by atoms with E-state index in [1.165, 1.54) is 13.0 Å². The van der Waals surface area contributed by atoms with Crippen molar-refractivity contribution in [2.45, 2.75) is 39.4 Å². The molecule has 1 aromatic rings. The zero-order chi connectivity index (χ0) is 11.5. The third kappa shape index (κ3) is 2.60. The molecular weight excluding hydrogens is 198 g/mol. The Morgan fingerprint density at radius 1 is 1.44 bits per heavy atom. The Hall–Kier alpha value is -0.930. The fraction of sp³-hybridized carbons (Fsp3) is 0.615. The summed E-state index contributed by atoms with van der Waals surface area (Å²) >= 11 is 0. The summed E-state index contributed by atoms with van der Waals surface area (Å²) in [5.41, 5.74) is 7.81. The maximum absolute atomic E-state index is 5.55. The molecule has 1 fully saturated rings. The van der Waals surface area contributed by atoms with Crippen LogP contribution in [0.15, 0.2) is 18.3 Å². The van der Waals surface area contributed by atoms with E-state index in [1.807, 2.05) is 6.20 Å². The van der Waals surface area contributed by atoms with Crippen molar-refractivity contribution in [3.05, 3.63) is 29.6 Å². The normalized spacial score (nSPS) is 26.2. The van der Waals surface area contributed by atoms with E-state index in [-0.39, 0.29) is 0 Å². The molecule has 0 amide bonds. The van der Waals surface area contributed by atoms with Crippen LogP contribution in [-0.2, 0) is 13.1 Å².